The minimum atomic E-state index is -0.415. The number of hydrogen-bond donors (Lipinski definition) is 2. The third-order valence-electron chi connectivity index (χ3n) is 3.82. The second kappa shape index (κ2) is 9.01. The minimum absolute atomic E-state index is 0.0169. The number of para-hydroxylation sites is 1. The van der Waals surface area contributed by atoms with E-state index in [0.29, 0.717) is 21.6 Å². The molecule has 3 aromatic rings. The Labute approximate surface area is 165 Å². The molecule has 0 aliphatic carbocycles. The van der Waals surface area contributed by atoms with Crippen molar-refractivity contribution in [3.05, 3.63) is 83.2 Å². The number of aromatic nitrogens is 2. The maximum absolute atomic E-state index is 12.7. The van der Waals surface area contributed by atoms with Crippen LogP contribution in [0.15, 0.2) is 77.2 Å². The highest BCUT2D eigenvalue weighted by Gasteiger charge is 2.13. The fourth-order valence-corrected chi connectivity index (χ4v) is 3.31. The number of benzene rings is 2. The van der Waals surface area contributed by atoms with Gasteiger partial charge >= 0.3 is 0 Å². The fourth-order valence-electron chi connectivity index (χ4n) is 2.50. The molecular weight excluding hydrogens is 376 g/mol. The number of nitrogens with zero attached hydrogens (tertiary/aromatic N) is 2. The first-order valence-corrected chi connectivity index (χ1v) is 9.46. The molecule has 2 aromatic carbocycles. The van der Waals surface area contributed by atoms with Crippen molar-refractivity contribution in [2.24, 2.45) is 0 Å². The minimum Gasteiger partial charge on any atom is -0.283 e. The van der Waals surface area contributed by atoms with Gasteiger partial charge in [-0.25, -0.2) is 4.98 Å². The van der Waals surface area contributed by atoms with E-state index in [1.807, 2.05) is 0 Å². The zero-order valence-corrected chi connectivity index (χ0v) is 15.7. The van der Waals surface area contributed by atoms with E-state index in [0.717, 1.165) is 11.8 Å². The van der Waals surface area contributed by atoms with Crippen molar-refractivity contribution in [3.8, 4) is 0 Å². The van der Waals surface area contributed by atoms with Gasteiger partial charge in [0.2, 0.25) is 5.91 Å². The lowest BCUT2D eigenvalue weighted by Gasteiger charge is -2.11. The average molecular weight is 394 g/mol. The maximum Gasteiger partial charge on any atom is 0.269 e. The summed E-state index contributed by atoms with van der Waals surface area (Å²) >= 11 is 1.11. The SMILES string of the molecule is C=CCn1c(SCC(=O)NNC(=O)c2ccccc2)nc2ccccc2c1=O. The molecule has 28 heavy (non-hydrogen) atoms. The van der Waals surface area contributed by atoms with Gasteiger partial charge in [-0.1, -0.05) is 48.2 Å². The molecule has 3 rings (SSSR count). The van der Waals surface area contributed by atoms with Gasteiger partial charge in [-0.05, 0) is 24.3 Å². The first-order chi connectivity index (χ1) is 13.6. The predicted octanol–water partition coefficient (Wildman–Crippen LogP) is 2.14. The summed E-state index contributed by atoms with van der Waals surface area (Å²) in [6, 6.07) is 15.6. The van der Waals surface area contributed by atoms with Crippen LogP contribution in [0.5, 0.6) is 0 Å². The first kappa shape index (κ1) is 19.4. The van der Waals surface area contributed by atoms with Crippen molar-refractivity contribution in [1.82, 2.24) is 20.4 Å². The zero-order valence-electron chi connectivity index (χ0n) is 14.9. The van der Waals surface area contributed by atoms with Crippen molar-refractivity contribution in [2.45, 2.75) is 11.7 Å². The number of allylic oxidation sites excluding steroid dienone is 1. The van der Waals surface area contributed by atoms with Crippen LogP contribution in [-0.4, -0.2) is 27.1 Å². The van der Waals surface area contributed by atoms with Crippen LogP contribution in [0.3, 0.4) is 0 Å². The summed E-state index contributed by atoms with van der Waals surface area (Å²) in [7, 11) is 0. The Hall–Kier alpha value is -3.39. The van der Waals surface area contributed by atoms with Crippen LogP contribution in [0.4, 0.5) is 0 Å². The quantitative estimate of drug-likeness (QED) is 0.289. The number of amides is 2. The van der Waals surface area contributed by atoms with Crippen molar-refractivity contribution in [3.63, 3.8) is 0 Å². The third-order valence-corrected chi connectivity index (χ3v) is 4.80. The maximum atomic E-state index is 12.7. The number of hydrogen-bond acceptors (Lipinski definition) is 5. The molecule has 0 fully saturated rings. The van der Waals surface area contributed by atoms with Gasteiger partial charge in [-0.3, -0.25) is 29.8 Å². The van der Waals surface area contributed by atoms with E-state index in [-0.39, 0.29) is 17.9 Å². The summed E-state index contributed by atoms with van der Waals surface area (Å²) in [5, 5.41) is 0.918. The van der Waals surface area contributed by atoms with Crippen LogP contribution >= 0.6 is 11.8 Å². The summed E-state index contributed by atoms with van der Waals surface area (Å²) in [5.74, 6) is -0.843. The normalized spacial score (nSPS) is 10.4. The molecule has 2 amide bonds. The summed E-state index contributed by atoms with van der Waals surface area (Å²) in [6.07, 6.45) is 1.60. The first-order valence-electron chi connectivity index (χ1n) is 8.47. The van der Waals surface area contributed by atoms with Crippen LogP contribution in [0, 0.1) is 0 Å². The number of hydrazine groups is 1. The molecule has 0 saturated heterocycles. The average Bonchev–Trinajstić information content (AvgIpc) is 2.73. The standard InChI is InChI=1S/C20H18N4O3S/c1-2-12-24-19(27)15-10-6-7-11-16(15)21-20(24)28-13-17(25)22-23-18(26)14-8-4-3-5-9-14/h2-11H,1,12-13H2,(H,22,25)(H,23,26). The summed E-state index contributed by atoms with van der Waals surface area (Å²) in [4.78, 5) is 41.2. The van der Waals surface area contributed by atoms with Gasteiger partial charge in [-0.15, -0.1) is 6.58 Å². The highest BCUT2D eigenvalue weighted by molar-refractivity contribution is 7.99. The van der Waals surface area contributed by atoms with E-state index in [9.17, 15) is 14.4 Å². The van der Waals surface area contributed by atoms with Gasteiger partial charge in [0.25, 0.3) is 11.5 Å². The van der Waals surface area contributed by atoms with Gasteiger partial charge < -0.3 is 0 Å². The Bertz CT molecular complexity index is 1080. The third kappa shape index (κ3) is 4.47. The Balaban J connectivity index is 1.68. The molecule has 142 valence electrons. The molecule has 0 bridgehead atoms. The van der Waals surface area contributed by atoms with Gasteiger partial charge in [-0.2, -0.15) is 0 Å². The highest BCUT2D eigenvalue weighted by atomic mass is 32.2. The summed E-state index contributed by atoms with van der Waals surface area (Å²) < 4.78 is 1.47. The molecule has 7 nitrogen and oxygen atoms in total. The van der Waals surface area contributed by atoms with Crippen LogP contribution in [0.2, 0.25) is 0 Å². The summed E-state index contributed by atoms with van der Waals surface area (Å²) in [5.41, 5.74) is 5.53. The lowest BCUT2D eigenvalue weighted by Crippen LogP contribution is -2.42. The smallest absolute Gasteiger partial charge is 0.269 e. The lowest BCUT2D eigenvalue weighted by atomic mass is 10.2. The molecule has 0 aliphatic rings. The van der Waals surface area contributed by atoms with E-state index in [2.05, 4.69) is 22.4 Å². The molecule has 1 aromatic heterocycles. The van der Waals surface area contributed by atoms with Crippen LogP contribution in [-0.2, 0) is 11.3 Å². The van der Waals surface area contributed by atoms with E-state index in [4.69, 9.17) is 0 Å². The van der Waals surface area contributed by atoms with Gasteiger partial charge in [0.05, 0.1) is 16.7 Å². The molecule has 0 spiro atoms. The molecule has 0 radical (unpaired) electrons. The predicted molar refractivity (Wildman–Crippen MR) is 109 cm³/mol. The second-order valence-corrected chi connectivity index (χ2v) is 6.72. The monoisotopic (exact) mass is 394 g/mol. The number of thioether (sulfide) groups is 1. The van der Waals surface area contributed by atoms with Crippen molar-refractivity contribution < 1.29 is 9.59 Å². The molecule has 8 heteroatoms. The number of carbonyl (C=O) groups is 2. The second-order valence-electron chi connectivity index (χ2n) is 5.77. The lowest BCUT2D eigenvalue weighted by molar-refractivity contribution is -0.119. The number of fused-ring (bicyclic) bond motifs is 1. The highest BCUT2D eigenvalue weighted by Crippen LogP contribution is 2.17. The Kier molecular flexibility index (Phi) is 6.23. The molecular formula is C20H18N4O3S. The fraction of sp³-hybridized carbons (Fsp3) is 0.100. The molecule has 0 atom stereocenters. The van der Waals surface area contributed by atoms with Crippen molar-refractivity contribution in [1.29, 1.82) is 0 Å². The Morgan fingerprint density at radius 3 is 2.54 bits per heavy atom. The Morgan fingerprint density at radius 1 is 1.07 bits per heavy atom. The van der Waals surface area contributed by atoms with E-state index in [1.165, 1.54) is 4.57 Å². The van der Waals surface area contributed by atoms with Crippen molar-refractivity contribution >= 4 is 34.5 Å². The topological polar surface area (TPSA) is 93.1 Å². The van der Waals surface area contributed by atoms with E-state index >= 15 is 0 Å². The molecule has 0 saturated carbocycles. The number of carbonyl (C=O) groups excluding carboxylic acids is 2. The van der Waals surface area contributed by atoms with Crippen LogP contribution in [0.1, 0.15) is 10.4 Å². The number of nitrogens with one attached hydrogen (secondary N) is 2. The van der Waals surface area contributed by atoms with Crippen molar-refractivity contribution in [2.75, 3.05) is 5.75 Å². The summed E-state index contributed by atoms with van der Waals surface area (Å²) in [6.45, 7) is 3.95. The molecule has 1 heterocycles. The van der Waals surface area contributed by atoms with Crippen LogP contribution < -0.4 is 16.4 Å². The molecule has 2 N–H and O–H groups in total. The molecule has 0 aliphatic heterocycles. The van der Waals surface area contributed by atoms with E-state index in [1.54, 1.807) is 60.7 Å². The number of rotatable bonds is 6. The molecule has 0 unspecified atom stereocenters. The van der Waals surface area contributed by atoms with Gasteiger partial charge in [0.1, 0.15) is 0 Å². The van der Waals surface area contributed by atoms with Gasteiger partial charge in [0.15, 0.2) is 5.16 Å². The van der Waals surface area contributed by atoms with Crippen LogP contribution in [0.25, 0.3) is 10.9 Å². The Morgan fingerprint density at radius 2 is 1.79 bits per heavy atom. The van der Waals surface area contributed by atoms with Gasteiger partial charge in [0, 0.05) is 12.1 Å². The largest absolute Gasteiger partial charge is 0.283 e. The zero-order chi connectivity index (χ0) is 19.9. The van der Waals surface area contributed by atoms with E-state index < -0.39 is 11.8 Å².